The second-order valence-corrected chi connectivity index (χ2v) is 9.04. The molecule has 10 heteroatoms. The highest BCUT2D eigenvalue weighted by Crippen LogP contribution is 2.42. The minimum Gasteiger partial charge on any atom is -0.494 e. The Bertz CT molecular complexity index is 1450. The number of nitriles is 1. The van der Waals surface area contributed by atoms with Crippen LogP contribution in [0.2, 0.25) is 0 Å². The Morgan fingerprint density at radius 1 is 1.11 bits per heavy atom. The van der Waals surface area contributed by atoms with Gasteiger partial charge >= 0.3 is 0 Å². The normalized spacial score (nSPS) is 21.3. The van der Waals surface area contributed by atoms with E-state index >= 15 is 0 Å². The number of imidazole rings is 1. The summed E-state index contributed by atoms with van der Waals surface area (Å²) in [5.41, 5.74) is 9.40. The van der Waals surface area contributed by atoms with Crippen molar-refractivity contribution in [3.8, 4) is 34.2 Å². The van der Waals surface area contributed by atoms with Gasteiger partial charge in [-0.3, -0.25) is 4.40 Å². The van der Waals surface area contributed by atoms with E-state index in [2.05, 4.69) is 19.9 Å². The van der Waals surface area contributed by atoms with Gasteiger partial charge in [-0.05, 0) is 43.4 Å². The molecule has 35 heavy (non-hydrogen) atoms. The Morgan fingerprint density at radius 2 is 1.86 bits per heavy atom. The molecular formula is C25H23FN8O. The number of ether oxygens (including phenoxy) is 1. The number of halogens is 1. The predicted molar refractivity (Wildman–Crippen MR) is 127 cm³/mol. The smallest absolute Gasteiger partial charge is 0.232 e. The number of anilines is 1. The molecular weight excluding hydrogens is 447 g/mol. The largest absolute Gasteiger partial charge is 0.494 e. The van der Waals surface area contributed by atoms with Crippen molar-refractivity contribution in [2.24, 2.45) is 5.73 Å². The molecule has 0 spiro atoms. The number of rotatable bonds is 4. The number of hydrogen-bond donors (Lipinski definition) is 1. The summed E-state index contributed by atoms with van der Waals surface area (Å²) in [6, 6.07) is 7.52. The highest BCUT2D eigenvalue weighted by molar-refractivity contribution is 5.91. The maximum Gasteiger partial charge on any atom is 0.232 e. The van der Waals surface area contributed by atoms with Crippen LogP contribution in [0.5, 0.6) is 5.75 Å². The summed E-state index contributed by atoms with van der Waals surface area (Å²) in [6.07, 6.45) is 10.7. The number of nitrogens with zero attached hydrogens (tertiary/aromatic N) is 7. The molecule has 2 bridgehead atoms. The molecule has 2 N–H and O–H groups in total. The van der Waals surface area contributed by atoms with Crippen LogP contribution in [0.1, 0.15) is 31.5 Å². The molecule has 2 atom stereocenters. The average molecular weight is 471 g/mol. The van der Waals surface area contributed by atoms with Crippen LogP contribution in [0.3, 0.4) is 0 Å². The molecule has 0 aliphatic carbocycles. The van der Waals surface area contributed by atoms with Gasteiger partial charge in [0.05, 0.1) is 18.4 Å². The molecule has 9 nitrogen and oxygen atoms in total. The van der Waals surface area contributed by atoms with Crippen LogP contribution in [0, 0.1) is 17.1 Å². The Hall–Kier alpha value is -4.10. The summed E-state index contributed by atoms with van der Waals surface area (Å²) in [5.74, 6) is 0.510. The molecule has 2 saturated heterocycles. The highest BCUT2D eigenvalue weighted by atomic mass is 19.1. The number of methoxy groups -OCH3 is 1. The first-order valence-corrected chi connectivity index (χ1v) is 11.5. The van der Waals surface area contributed by atoms with Gasteiger partial charge in [-0.2, -0.15) is 5.26 Å². The first-order valence-electron chi connectivity index (χ1n) is 11.5. The van der Waals surface area contributed by atoms with E-state index in [1.807, 2.05) is 16.7 Å². The topological polar surface area (TPSA) is 118 Å². The number of piperidine rings is 1. The van der Waals surface area contributed by atoms with Crippen molar-refractivity contribution < 1.29 is 9.13 Å². The molecule has 0 amide bonds. The first-order chi connectivity index (χ1) is 17.1. The third-order valence-electron chi connectivity index (χ3n) is 6.99. The highest BCUT2D eigenvalue weighted by Gasteiger charge is 2.41. The Balaban J connectivity index is 1.61. The number of hydrogen-bond acceptors (Lipinski definition) is 8. The minimum absolute atomic E-state index is 0.0657. The lowest BCUT2D eigenvalue weighted by atomic mass is 9.98. The third-order valence-corrected chi connectivity index (χ3v) is 6.99. The molecule has 0 radical (unpaired) electrons. The van der Waals surface area contributed by atoms with Crippen molar-refractivity contribution >= 4 is 11.6 Å². The number of benzene rings is 1. The van der Waals surface area contributed by atoms with Crippen molar-refractivity contribution in [2.75, 3.05) is 12.0 Å². The second kappa shape index (κ2) is 8.29. The lowest BCUT2D eigenvalue weighted by Gasteiger charge is -2.39. The summed E-state index contributed by atoms with van der Waals surface area (Å²) < 4.78 is 21.8. The van der Waals surface area contributed by atoms with Gasteiger partial charge < -0.3 is 15.4 Å². The van der Waals surface area contributed by atoms with Crippen LogP contribution < -0.4 is 15.4 Å². The summed E-state index contributed by atoms with van der Waals surface area (Å²) >= 11 is 0. The lowest BCUT2D eigenvalue weighted by Crippen LogP contribution is -2.48. The Labute approximate surface area is 201 Å². The Morgan fingerprint density at radius 3 is 2.51 bits per heavy atom. The Kier molecular flexibility index (Phi) is 5.07. The van der Waals surface area contributed by atoms with E-state index in [4.69, 9.17) is 20.7 Å². The van der Waals surface area contributed by atoms with Gasteiger partial charge in [-0.25, -0.2) is 24.3 Å². The van der Waals surface area contributed by atoms with Gasteiger partial charge in [0, 0.05) is 48.5 Å². The first kappa shape index (κ1) is 21.4. The van der Waals surface area contributed by atoms with Gasteiger partial charge in [0.2, 0.25) is 11.8 Å². The lowest BCUT2D eigenvalue weighted by molar-refractivity contribution is 0.386. The van der Waals surface area contributed by atoms with E-state index < -0.39 is 5.82 Å². The fraction of sp³-hybridized carbons (Fsp3) is 0.320. The van der Waals surface area contributed by atoms with Crippen molar-refractivity contribution in [3.05, 3.63) is 54.6 Å². The zero-order chi connectivity index (χ0) is 24.1. The maximum absolute atomic E-state index is 14.8. The second-order valence-electron chi connectivity index (χ2n) is 9.04. The molecule has 1 aromatic carbocycles. The van der Waals surface area contributed by atoms with E-state index in [0.717, 1.165) is 31.6 Å². The van der Waals surface area contributed by atoms with Gasteiger partial charge in [0.1, 0.15) is 11.7 Å². The average Bonchev–Trinajstić information content (AvgIpc) is 3.46. The number of nitrogens with two attached hydrogens (primary N) is 1. The van der Waals surface area contributed by atoms with Gasteiger partial charge in [0.25, 0.3) is 0 Å². The summed E-state index contributed by atoms with van der Waals surface area (Å²) in [7, 11) is 1.43. The van der Waals surface area contributed by atoms with Crippen molar-refractivity contribution in [1.29, 1.82) is 5.26 Å². The van der Waals surface area contributed by atoms with E-state index in [1.165, 1.54) is 13.2 Å². The van der Waals surface area contributed by atoms with Crippen LogP contribution >= 0.6 is 0 Å². The molecule has 4 aromatic rings. The zero-order valence-electron chi connectivity index (χ0n) is 19.1. The summed E-state index contributed by atoms with van der Waals surface area (Å²) in [6.45, 7) is 0. The van der Waals surface area contributed by atoms with Crippen LogP contribution in [-0.4, -0.2) is 49.6 Å². The van der Waals surface area contributed by atoms with Gasteiger partial charge in [-0.15, -0.1) is 0 Å². The molecule has 176 valence electrons. The third kappa shape index (κ3) is 3.47. The molecule has 3 aromatic heterocycles. The summed E-state index contributed by atoms with van der Waals surface area (Å²) in [5, 5.41) is 9.15. The quantitative estimate of drug-likeness (QED) is 0.483. The minimum atomic E-state index is -0.483. The molecule has 2 unspecified atom stereocenters. The van der Waals surface area contributed by atoms with Crippen LogP contribution in [0.25, 0.3) is 28.0 Å². The number of fused-ring (bicyclic) bond motifs is 3. The van der Waals surface area contributed by atoms with E-state index in [9.17, 15) is 4.39 Å². The fourth-order valence-electron chi connectivity index (χ4n) is 5.50. The van der Waals surface area contributed by atoms with Crippen molar-refractivity contribution in [2.45, 2.75) is 43.8 Å². The molecule has 2 fully saturated rings. The molecule has 2 aliphatic rings. The molecule has 6 rings (SSSR count). The van der Waals surface area contributed by atoms with Gasteiger partial charge in [-0.1, -0.05) is 6.07 Å². The number of aromatic nitrogens is 5. The van der Waals surface area contributed by atoms with E-state index in [-0.39, 0.29) is 17.6 Å². The SMILES string of the molecule is COc1ccc(-c2c(-c3cnc(C#N)nc3)nc(N3C4CCC3CC(N)C4)n3ccnc23)cc1F. The maximum atomic E-state index is 14.8. The molecule has 5 heterocycles. The molecule has 0 saturated carbocycles. The van der Waals surface area contributed by atoms with Gasteiger partial charge in [0.15, 0.2) is 11.6 Å². The van der Waals surface area contributed by atoms with E-state index in [0.29, 0.717) is 40.1 Å². The van der Waals surface area contributed by atoms with Crippen LogP contribution in [-0.2, 0) is 0 Å². The summed E-state index contributed by atoms with van der Waals surface area (Å²) in [4.78, 5) is 20.5. The molecule has 2 aliphatic heterocycles. The van der Waals surface area contributed by atoms with Crippen molar-refractivity contribution in [1.82, 2.24) is 24.3 Å². The van der Waals surface area contributed by atoms with Crippen LogP contribution in [0.15, 0.2) is 43.0 Å². The standard InChI is InChI=1S/C25H23FN8O/c1-35-20-5-2-14(8-19(20)26)22-23(15-12-30-21(11-27)31-13-15)32-25(33-7-6-29-24(22)33)34-17-3-4-18(34)10-16(28)9-17/h2,5-8,12-13,16-18H,3-4,9-10,28H2,1H3. The van der Waals surface area contributed by atoms with Crippen molar-refractivity contribution in [3.63, 3.8) is 0 Å². The zero-order valence-corrected chi connectivity index (χ0v) is 19.1. The monoisotopic (exact) mass is 470 g/mol. The van der Waals surface area contributed by atoms with E-state index in [1.54, 1.807) is 30.7 Å². The van der Waals surface area contributed by atoms with Crippen LogP contribution in [0.4, 0.5) is 10.3 Å². The fourth-order valence-corrected chi connectivity index (χ4v) is 5.50. The predicted octanol–water partition coefficient (Wildman–Crippen LogP) is 3.33.